The van der Waals surface area contributed by atoms with E-state index in [1.54, 1.807) is 4.90 Å². The lowest BCUT2D eigenvalue weighted by Crippen LogP contribution is -2.37. The van der Waals surface area contributed by atoms with Gasteiger partial charge in [0.15, 0.2) is 0 Å². The van der Waals surface area contributed by atoms with Crippen LogP contribution >= 0.6 is 20.4 Å². The molecule has 2 unspecified atom stereocenters. The van der Waals surface area contributed by atoms with Crippen LogP contribution in [0.3, 0.4) is 0 Å². The van der Waals surface area contributed by atoms with Crippen LogP contribution in [0.2, 0.25) is 0 Å². The van der Waals surface area contributed by atoms with Gasteiger partial charge in [-0.2, -0.15) is 0 Å². The van der Waals surface area contributed by atoms with Crippen molar-refractivity contribution in [3.05, 3.63) is 65.2 Å². The molecule has 10 nitrogen and oxygen atoms in total. The van der Waals surface area contributed by atoms with Crippen molar-refractivity contribution in [1.82, 2.24) is 10.2 Å². The lowest BCUT2D eigenvalue weighted by Gasteiger charge is -2.26. The molecule has 44 heavy (non-hydrogen) atoms. The van der Waals surface area contributed by atoms with Crippen LogP contribution in [0.5, 0.6) is 0 Å². The van der Waals surface area contributed by atoms with Crippen molar-refractivity contribution in [2.75, 3.05) is 37.5 Å². The molecule has 2 aliphatic heterocycles. The minimum Gasteiger partial charge on any atom is -0.356 e. The highest BCUT2D eigenvalue weighted by molar-refractivity contribution is 8.00. The zero-order chi connectivity index (χ0) is 31.3. The van der Waals surface area contributed by atoms with E-state index < -0.39 is 13.9 Å². The molecule has 4 rings (SSSR count). The minimum atomic E-state index is -1.78. The summed E-state index contributed by atoms with van der Waals surface area (Å²) >= 11 is 1.48. The highest BCUT2D eigenvalue weighted by atomic mass is 32.2. The SMILES string of the molecule is COP(O)OCCCCCCSC1CC(=O)N(CCC(=O)NCCC(=O)N2Cc3ccccc3C#Cc3ccccc32)C1=O. The van der Waals surface area contributed by atoms with Gasteiger partial charge in [-0.25, -0.2) is 0 Å². The third-order valence-corrected chi connectivity index (χ3v) is 9.33. The van der Waals surface area contributed by atoms with Crippen LogP contribution in [-0.2, 0) is 34.8 Å². The number of nitrogens with zero attached hydrogens (tertiary/aromatic N) is 2. The van der Waals surface area contributed by atoms with E-state index in [0.717, 1.165) is 53.8 Å². The molecule has 1 fully saturated rings. The first-order valence-electron chi connectivity index (χ1n) is 14.7. The monoisotopic (exact) mass is 639 g/mol. The van der Waals surface area contributed by atoms with Gasteiger partial charge in [0.05, 0.1) is 24.1 Å². The van der Waals surface area contributed by atoms with Crippen LogP contribution in [-0.4, -0.2) is 71.2 Å². The van der Waals surface area contributed by atoms with Gasteiger partial charge in [0.25, 0.3) is 0 Å². The molecule has 0 saturated carbocycles. The summed E-state index contributed by atoms with van der Waals surface area (Å²) in [6, 6.07) is 15.3. The van der Waals surface area contributed by atoms with Crippen LogP contribution in [0, 0.1) is 11.8 Å². The van der Waals surface area contributed by atoms with Crippen LogP contribution in [0.25, 0.3) is 0 Å². The van der Waals surface area contributed by atoms with E-state index in [0.29, 0.717) is 13.2 Å². The summed E-state index contributed by atoms with van der Waals surface area (Å²) in [5, 5.41) is 2.35. The molecule has 2 atom stereocenters. The predicted octanol–water partition coefficient (Wildman–Crippen LogP) is 4.13. The number of carbonyl (C=O) groups excluding carboxylic acids is 4. The minimum absolute atomic E-state index is 0.0141. The number of unbranched alkanes of at least 4 members (excludes halogenated alkanes) is 3. The Balaban J connectivity index is 1.16. The second-order valence-corrected chi connectivity index (χ2v) is 12.8. The number of anilines is 1. The van der Waals surface area contributed by atoms with Gasteiger partial charge in [0.1, 0.15) is 0 Å². The second-order valence-electron chi connectivity index (χ2n) is 10.4. The van der Waals surface area contributed by atoms with Gasteiger partial charge < -0.3 is 24.2 Å². The fraction of sp³-hybridized carbons (Fsp3) is 0.438. The van der Waals surface area contributed by atoms with Crippen molar-refractivity contribution in [2.24, 2.45) is 0 Å². The number of benzene rings is 2. The van der Waals surface area contributed by atoms with Gasteiger partial charge >= 0.3 is 8.60 Å². The summed E-state index contributed by atoms with van der Waals surface area (Å²) in [5.74, 6) is 6.17. The summed E-state index contributed by atoms with van der Waals surface area (Å²) in [7, 11) is -0.385. The van der Waals surface area contributed by atoms with E-state index >= 15 is 0 Å². The maximum absolute atomic E-state index is 13.3. The number of hydrogen-bond donors (Lipinski definition) is 2. The van der Waals surface area contributed by atoms with Gasteiger partial charge in [0.2, 0.25) is 23.6 Å². The Morgan fingerprint density at radius 1 is 1.02 bits per heavy atom. The molecule has 1 saturated heterocycles. The molecule has 0 aromatic heterocycles. The molecule has 0 aliphatic carbocycles. The largest absolute Gasteiger partial charge is 0.356 e. The fourth-order valence-electron chi connectivity index (χ4n) is 4.95. The highest BCUT2D eigenvalue weighted by Gasteiger charge is 2.38. The van der Waals surface area contributed by atoms with Crippen LogP contribution in [0.15, 0.2) is 48.5 Å². The molecule has 12 heteroatoms. The van der Waals surface area contributed by atoms with Crippen molar-refractivity contribution in [2.45, 2.75) is 56.7 Å². The molecule has 4 amide bonds. The molecular formula is C32H38N3O7PS. The maximum atomic E-state index is 13.3. The third-order valence-electron chi connectivity index (χ3n) is 7.32. The van der Waals surface area contributed by atoms with Gasteiger partial charge in [0, 0.05) is 50.6 Å². The molecule has 2 N–H and O–H groups in total. The third kappa shape index (κ3) is 9.62. The van der Waals surface area contributed by atoms with Crippen LogP contribution in [0.1, 0.15) is 61.6 Å². The summed E-state index contributed by atoms with van der Waals surface area (Å²) in [6.45, 7) is 0.986. The number of nitrogens with one attached hydrogen (secondary N) is 1. The van der Waals surface area contributed by atoms with Crippen molar-refractivity contribution in [1.29, 1.82) is 0 Å². The Morgan fingerprint density at radius 3 is 2.57 bits per heavy atom. The molecule has 234 valence electrons. The van der Waals surface area contributed by atoms with E-state index in [2.05, 4.69) is 21.7 Å². The molecule has 2 heterocycles. The zero-order valence-electron chi connectivity index (χ0n) is 24.8. The standard InChI is InChI=1S/C32H38N3O7PS/c1-41-43(40)42-20-8-2-3-9-21-44-28-22-31(38)34(32(28)39)19-17-29(36)33-18-16-30(37)35-23-26-12-5-4-10-24(26)14-15-25-11-6-7-13-27(25)35/h4-7,10-13,28,40H,2-3,8-9,16-23H2,1H3,(H,33,36). The van der Waals surface area contributed by atoms with Gasteiger partial charge in [-0.15, -0.1) is 11.8 Å². The fourth-order valence-corrected chi connectivity index (χ4v) is 6.53. The zero-order valence-corrected chi connectivity index (χ0v) is 26.5. The number of thioether (sulfide) groups is 1. The van der Waals surface area contributed by atoms with Gasteiger partial charge in [-0.1, -0.05) is 55.0 Å². The number of para-hydroxylation sites is 1. The lowest BCUT2D eigenvalue weighted by molar-refractivity contribution is -0.138. The summed E-state index contributed by atoms with van der Waals surface area (Å²) in [4.78, 5) is 63.3. The van der Waals surface area contributed by atoms with E-state index in [1.807, 2.05) is 48.5 Å². The van der Waals surface area contributed by atoms with Gasteiger partial charge in [-0.3, -0.25) is 24.1 Å². The number of fused-ring (bicyclic) bond motifs is 2. The average Bonchev–Trinajstić information content (AvgIpc) is 3.29. The Morgan fingerprint density at radius 2 is 1.75 bits per heavy atom. The smallest absolute Gasteiger partial charge is 0.329 e. The Bertz CT molecular complexity index is 1400. The van der Waals surface area contributed by atoms with Crippen LogP contribution in [0.4, 0.5) is 5.69 Å². The van der Waals surface area contributed by atoms with Gasteiger partial charge in [-0.05, 0) is 42.4 Å². The molecule has 2 aliphatic rings. The van der Waals surface area contributed by atoms with E-state index in [9.17, 15) is 24.1 Å². The number of amides is 4. The first-order valence-corrected chi connectivity index (χ1v) is 16.9. The van der Waals surface area contributed by atoms with E-state index in [4.69, 9.17) is 4.52 Å². The topological polar surface area (TPSA) is 125 Å². The molecule has 2 aromatic carbocycles. The normalized spacial score (nSPS) is 16.4. The summed E-state index contributed by atoms with van der Waals surface area (Å²) < 4.78 is 9.77. The Labute approximate surface area is 263 Å². The second kappa shape index (κ2) is 17.3. The molecular weight excluding hydrogens is 601 g/mol. The average molecular weight is 640 g/mol. The van der Waals surface area contributed by atoms with Crippen molar-refractivity contribution >= 4 is 49.7 Å². The number of imide groups is 1. The van der Waals surface area contributed by atoms with Crippen molar-refractivity contribution in [3.63, 3.8) is 0 Å². The van der Waals surface area contributed by atoms with Crippen molar-refractivity contribution < 1.29 is 33.1 Å². The number of hydrogen-bond acceptors (Lipinski definition) is 8. The number of rotatable bonds is 16. The molecule has 0 bridgehead atoms. The maximum Gasteiger partial charge on any atom is 0.329 e. The quantitative estimate of drug-likeness (QED) is 0.122. The summed E-state index contributed by atoms with van der Waals surface area (Å²) in [5.41, 5.74) is 3.33. The Hall–Kier alpha value is -3.26. The number of carbonyl (C=O) groups is 4. The first kappa shape index (κ1) is 33.6. The molecule has 2 aromatic rings. The lowest BCUT2D eigenvalue weighted by atomic mass is 10.0. The Kier molecular flexibility index (Phi) is 13.2. The highest BCUT2D eigenvalue weighted by Crippen LogP contribution is 2.31. The number of likely N-dealkylation sites (tertiary alicyclic amines) is 1. The van der Waals surface area contributed by atoms with Crippen LogP contribution < -0.4 is 10.2 Å². The van der Waals surface area contributed by atoms with E-state index in [1.165, 1.54) is 23.8 Å². The van der Waals surface area contributed by atoms with Crippen molar-refractivity contribution in [3.8, 4) is 11.8 Å². The summed E-state index contributed by atoms with van der Waals surface area (Å²) in [6.07, 6.45) is 3.85. The molecule has 0 radical (unpaired) electrons. The first-order chi connectivity index (χ1) is 21.4. The molecule has 0 spiro atoms. The predicted molar refractivity (Wildman–Crippen MR) is 170 cm³/mol. The van der Waals surface area contributed by atoms with E-state index in [-0.39, 0.29) is 56.0 Å².